The Morgan fingerprint density at radius 3 is 2.57 bits per heavy atom. The van der Waals surface area contributed by atoms with Gasteiger partial charge in [-0.05, 0) is 12.1 Å². The van der Waals surface area contributed by atoms with Crippen LogP contribution in [-0.4, -0.2) is 51.6 Å². The second kappa shape index (κ2) is 5.92. The first-order valence-corrected chi connectivity index (χ1v) is 6.48. The molecule has 2 atom stereocenters. The standard InChI is InChI=1S/C14H16N2O5/c1-8(17)16-7-9(18)6-12(16)13(19)15-11-5-3-2-4-10(11)14(20)21/h2-5,9,12,18H,6-7H2,1H3,(H,15,19)(H,20,21)/t9-,12+/m1/s1. The Morgan fingerprint density at radius 2 is 1.95 bits per heavy atom. The van der Waals surface area contributed by atoms with E-state index in [2.05, 4.69) is 5.32 Å². The molecule has 1 aliphatic rings. The summed E-state index contributed by atoms with van der Waals surface area (Å²) in [6.45, 7) is 1.43. The average Bonchev–Trinajstić information content (AvgIpc) is 2.81. The molecule has 1 fully saturated rings. The molecule has 7 heteroatoms. The number of amides is 2. The predicted molar refractivity (Wildman–Crippen MR) is 73.8 cm³/mol. The fraction of sp³-hybridized carbons (Fsp3) is 0.357. The van der Waals surface area contributed by atoms with Crippen molar-refractivity contribution in [3.63, 3.8) is 0 Å². The highest BCUT2D eigenvalue weighted by molar-refractivity contribution is 6.03. The van der Waals surface area contributed by atoms with Crippen molar-refractivity contribution >= 4 is 23.5 Å². The van der Waals surface area contributed by atoms with Crippen LogP contribution in [0.15, 0.2) is 24.3 Å². The molecule has 0 bridgehead atoms. The summed E-state index contributed by atoms with van der Waals surface area (Å²) in [6, 6.07) is 5.23. The molecule has 3 N–H and O–H groups in total. The number of hydrogen-bond donors (Lipinski definition) is 3. The maximum atomic E-state index is 12.2. The first-order valence-electron chi connectivity index (χ1n) is 6.48. The molecular weight excluding hydrogens is 276 g/mol. The van der Waals surface area contributed by atoms with Crippen molar-refractivity contribution in [1.29, 1.82) is 0 Å². The number of aromatic carboxylic acids is 1. The summed E-state index contributed by atoms with van der Waals surface area (Å²) < 4.78 is 0. The van der Waals surface area contributed by atoms with E-state index in [0.717, 1.165) is 0 Å². The van der Waals surface area contributed by atoms with E-state index in [4.69, 9.17) is 5.11 Å². The molecule has 2 rings (SSSR count). The minimum absolute atomic E-state index is 0.0289. The van der Waals surface area contributed by atoms with Gasteiger partial charge in [0.05, 0.1) is 17.4 Å². The topological polar surface area (TPSA) is 107 Å². The summed E-state index contributed by atoms with van der Waals surface area (Å²) in [5.41, 5.74) is 0.138. The molecule has 0 aromatic heterocycles. The Kier molecular flexibility index (Phi) is 4.23. The summed E-state index contributed by atoms with van der Waals surface area (Å²) in [5, 5.41) is 21.2. The Labute approximate surface area is 121 Å². The van der Waals surface area contributed by atoms with Gasteiger partial charge >= 0.3 is 5.97 Å². The normalized spacial score (nSPS) is 21.1. The van der Waals surface area contributed by atoms with Gasteiger partial charge in [0, 0.05) is 19.9 Å². The van der Waals surface area contributed by atoms with Crippen LogP contribution in [-0.2, 0) is 9.59 Å². The molecule has 1 heterocycles. The molecule has 112 valence electrons. The lowest BCUT2D eigenvalue weighted by atomic mass is 10.1. The largest absolute Gasteiger partial charge is 0.478 e. The molecule has 1 aliphatic heterocycles. The summed E-state index contributed by atoms with van der Waals surface area (Å²) in [4.78, 5) is 36.1. The summed E-state index contributed by atoms with van der Waals surface area (Å²) >= 11 is 0. The molecule has 1 aromatic carbocycles. The number of likely N-dealkylation sites (tertiary alicyclic amines) is 1. The number of carbonyl (C=O) groups is 3. The Balaban J connectivity index is 2.18. The number of para-hydroxylation sites is 1. The van der Waals surface area contributed by atoms with Crippen LogP contribution in [0.3, 0.4) is 0 Å². The van der Waals surface area contributed by atoms with Crippen molar-refractivity contribution in [1.82, 2.24) is 4.90 Å². The van der Waals surface area contributed by atoms with Gasteiger partial charge in [0.15, 0.2) is 0 Å². The van der Waals surface area contributed by atoms with Gasteiger partial charge in [-0.2, -0.15) is 0 Å². The second-order valence-corrected chi connectivity index (χ2v) is 4.92. The number of carboxylic acid groups (broad SMARTS) is 1. The minimum atomic E-state index is -1.15. The minimum Gasteiger partial charge on any atom is -0.478 e. The van der Waals surface area contributed by atoms with Gasteiger partial charge < -0.3 is 20.4 Å². The van der Waals surface area contributed by atoms with Crippen LogP contribution >= 0.6 is 0 Å². The van der Waals surface area contributed by atoms with Gasteiger partial charge in [0.2, 0.25) is 11.8 Å². The molecule has 7 nitrogen and oxygen atoms in total. The van der Waals surface area contributed by atoms with E-state index in [-0.39, 0.29) is 30.1 Å². The number of benzene rings is 1. The zero-order valence-corrected chi connectivity index (χ0v) is 11.4. The van der Waals surface area contributed by atoms with E-state index < -0.39 is 24.0 Å². The number of carboxylic acids is 1. The Morgan fingerprint density at radius 1 is 1.29 bits per heavy atom. The van der Waals surface area contributed by atoms with E-state index in [9.17, 15) is 19.5 Å². The zero-order valence-electron chi connectivity index (χ0n) is 11.4. The highest BCUT2D eigenvalue weighted by atomic mass is 16.4. The molecule has 21 heavy (non-hydrogen) atoms. The number of anilines is 1. The number of aliphatic hydroxyl groups is 1. The quantitative estimate of drug-likeness (QED) is 0.743. The van der Waals surface area contributed by atoms with Crippen molar-refractivity contribution < 1.29 is 24.6 Å². The fourth-order valence-corrected chi connectivity index (χ4v) is 2.41. The predicted octanol–water partition coefficient (Wildman–Crippen LogP) is 0.305. The van der Waals surface area contributed by atoms with Crippen molar-refractivity contribution in [2.45, 2.75) is 25.5 Å². The summed E-state index contributed by atoms with van der Waals surface area (Å²) in [7, 11) is 0. The molecule has 1 saturated heterocycles. The van der Waals surface area contributed by atoms with Gasteiger partial charge in [-0.3, -0.25) is 9.59 Å². The molecular formula is C14H16N2O5. The molecule has 2 amide bonds. The molecule has 0 spiro atoms. The first kappa shape index (κ1) is 15.0. The monoisotopic (exact) mass is 292 g/mol. The number of β-amino-alcohol motifs (C(OH)–C–C–N with tert-alkyl or cyclic N) is 1. The Bertz CT molecular complexity index is 586. The molecule has 0 unspecified atom stereocenters. The molecule has 0 aliphatic carbocycles. The van der Waals surface area contributed by atoms with Gasteiger partial charge in [-0.25, -0.2) is 4.79 Å². The van der Waals surface area contributed by atoms with E-state index in [0.29, 0.717) is 0 Å². The Hall–Kier alpha value is -2.41. The second-order valence-electron chi connectivity index (χ2n) is 4.92. The van der Waals surface area contributed by atoms with Crippen LogP contribution < -0.4 is 5.32 Å². The van der Waals surface area contributed by atoms with Crippen molar-refractivity contribution in [2.24, 2.45) is 0 Å². The van der Waals surface area contributed by atoms with E-state index in [1.807, 2.05) is 0 Å². The SMILES string of the molecule is CC(=O)N1C[C@H](O)C[C@H]1C(=O)Nc1ccccc1C(=O)O. The third-order valence-electron chi connectivity index (χ3n) is 3.40. The molecule has 0 saturated carbocycles. The van der Waals surface area contributed by atoms with Crippen molar-refractivity contribution in [3.8, 4) is 0 Å². The first-order chi connectivity index (χ1) is 9.90. The number of rotatable bonds is 3. The van der Waals surface area contributed by atoms with Gasteiger partial charge in [0.1, 0.15) is 6.04 Å². The third kappa shape index (κ3) is 3.19. The number of hydrogen-bond acceptors (Lipinski definition) is 4. The lowest BCUT2D eigenvalue weighted by Crippen LogP contribution is -2.42. The number of nitrogens with one attached hydrogen (secondary N) is 1. The van der Waals surface area contributed by atoms with Crippen LogP contribution in [0, 0.1) is 0 Å². The van der Waals surface area contributed by atoms with Gasteiger partial charge in [-0.15, -0.1) is 0 Å². The van der Waals surface area contributed by atoms with E-state index in [1.165, 1.54) is 24.0 Å². The zero-order chi connectivity index (χ0) is 15.6. The highest BCUT2D eigenvalue weighted by Gasteiger charge is 2.37. The number of nitrogens with zero attached hydrogens (tertiary/aromatic N) is 1. The summed E-state index contributed by atoms with van der Waals surface area (Å²) in [6.07, 6.45) is -0.611. The van der Waals surface area contributed by atoms with Crippen molar-refractivity contribution in [2.75, 3.05) is 11.9 Å². The maximum absolute atomic E-state index is 12.2. The van der Waals surface area contributed by atoms with Crippen LogP contribution in [0.5, 0.6) is 0 Å². The van der Waals surface area contributed by atoms with Crippen LogP contribution in [0.2, 0.25) is 0 Å². The van der Waals surface area contributed by atoms with Crippen LogP contribution in [0.25, 0.3) is 0 Å². The van der Waals surface area contributed by atoms with Gasteiger partial charge in [0.25, 0.3) is 0 Å². The summed E-state index contributed by atoms with van der Waals surface area (Å²) in [5.74, 6) is -1.96. The van der Waals surface area contributed by atoms with E-state index in [1.54, 1.807) is 12.1 Å². The number of carbonyl (C=O) groups excluding carboxylic acids is 2. The average molecular weight is 292 g/mol. The molecule has 0 radical (unpaired) electrons. The smallest absolute Gasteiger partial charge is 0.337 e. The van der Waals surface area contributed by atoms with E-state index >= 15 is 0 Å². The van der Waals surface area contributed by atoms with Gasteiger partial charge in [-0.1, -0.05) is 12.1 Å². The van der Waals surface area contributed by atoms with Crippen molar-refractivity contribution in [3.05, 3.63) is 29.8 Å². The number of aliphatic hydroxyl groups excluding tert-OH is 1. The molecule has 1 aromatic rings. The lowest BCUT2D eigenvalue weighted by molar-refractivity contribution is -0.134. The van der Waals surface area contributed by atoms with Crippen LogP contribution in [0.1, 0.15) is 23.7 Å². The maximum Gasteiger partial charge on any atom is 0.337 e. The van der Waals surface area contributed by atoms with Crippen LogP contribution in [0.4, 0.5) is 5.69 Å². The third-order valence-corrected chi connectivity index (χ3v) is 3.40. The highest BCUT2D eigenvalue weighted by Crippen LogP contribution is 2.21. The lowest BCUT2D eigenvalue weighted by Gasteiger charge is -2.22. The fourth-order valence-electron chi connectivity index (χ4n) is 2.41.